The van der Waals surface area contributed by atoms with E-state index in [1.165, 1.54) is 0 Å². The summed E-state index contributed by atoms with van der Waals surface area (Å²) in [6, 6.07) is 9.64. The highest BCUT2D eigenvalue weighted by atomic mass is 16.3. The molecular weight excluding hydrogens is 152 g/mol. The van der Waals surface area contributed by atoms with Crippen molar-refractivity contribution < 1.29 is 10.2 Å². The van der Waals surface area contributed by atoms with Gasteiger partial charge in [0.2, 0.25) is 0 Å². The molecule has 2 heteroatoms. The second-order valence-corrected chi connectivity index (χ2v) is 3.00. The Kier molecular flexibility index (Phi) is 3.26. The van der Waals surface area contributed by atoms with Crippen LogP contribution in [0.1, 0.15) is 12.5 Å². The number of hydrogen-bond acceptors (Lipinski definition) is 2. The lowest BCUT2D eigenvalue weighted by atomic mass is 10.1. The first-order valence-electron chi connectivity index (χ1n) is 4.10. The van der Waals surface area contributed by atoms with Crippen LogP contribution in [0.3, 0.4) is 0 Å². The Labute approximate surface area is 72.5 Å². The fraction of sp³-hybridized carbons (Fsp3) is 0.400. The number of aliphatic hydroxyl groups excluding tert-OH is 2. The fourth-order valence-electron chi connectivity index (χ4n) is 1.03. The second-order valence-electron chi connectivity index (χ2n) is 3.00. The molecular formula is C10H14O2. The summed E-state index contributed by atoms with van der Waals surface area (Å²) in [5, 5.41) is 18.4. The largest absolute Gasteiger partial charge is 0.391 e. The van der Waals surface area contributed by atoms with Gasteiger partial charge in [-0.05, 0) is 12.5 Å². The minimum absolute atomic E-state index is 0.512. The zero-order chi connectivity index (χ0) is 8.97. The molecule has 0 unspecified atom stereocenters. The minimum Gasteiger partial charge on any atom is -0.391 e. The van der Waals surface area contributed by atoms with Gasteiger partial charge in [0.25, 0.3) is 0 Å². The summed E-state index contributed by atoms with van der Waals surface area (Å²) in [6.07, 6.45) is -0.809. The maximum atomic E-state index is 9.33. The predicted octanol–water partition coefficient (Wildman–Crippen LogP) is 0.971. The minimum atomic E-state index is -0.662. The fourth-order valence-corrected chi connectivity index (χ4v) is 1.03. The Morgan fingerprint density at radius 3 is 2.25 bits per heavy atom. The molecule has 0 heterocycles. The van der Waals surface area contributed by atoms with Crippen LogP contribution in [0.15, 0.2) is 30.3 Å². The monoisotopic (exact) mass is 166 g/mol. The van der Waals surface area contributed by atoms with E-state index in [1.54, 1.807) is 6.92 Å². The van der Waals surface area contributed by atoms with E-state index in [0.717, 1.165) is 5.56 Å². The van der Waals surface area contributed by atoms with Crippen LogP contribution in [-0.2, 0) is 6.42 Å². The van der Waals surface area contributed by atoms with Gasteiger partial charge < -0.3 is 10.2 Å². The molecule has 0 saturated carbocycles. The molecule has 0 fully saturated rings. The van der Waals surface area contributed by atoms with Crippen molar-refractivity contribution in [3.8, 4) is 0 Å². The Bertz CT molecular complexity index is 219. The van der Waals surface area contributed by atoms with Crippen LogP contribution in [0.5, 0.6) is 0 Å². The van der Waals surface area contributed by atoms with Gasteiger partial charge in [0.05, 0.1) is 12.2 Å². The Balaban J connectivity index is 2.53. The van der Waals surface area contributed by atoms with Crippen LogP contribution >= 0.6 is 0 Å². The molecule has 0 aromatic heterocycles. The van der Waals surface area contributed by atoms with Crippen LogP contribution in [0.4, 0.5) is 0 Å². The summed E-state index contributed by atoms with van der Waals surface area (Å²) in [5.74, 6) is 0. The van der Waals surface area contributed by atoms with Gasteiger partial charge in [-0.15, -0.1) is 0 Å². The van der Waals surface area contributed by atoms with Gasteiger partial charge in [-0.1, -0.05) is 30.3 Å². The van der Waals surface area contributed by atoms with Crippen molar-refractivity contribution in [3.63, 3.8) is 0 Å². The standard InChI is InChI=1S/C10H14O2/c1-8(11)10(12)7-9-5-3-2-4-6-9/h2-6,8,10-12H,7H2,1H3/t8-,10-/m1/s1. The first kappa shape index (κ1) is 9.23. The molecule has 0 saturated heterocycles. The first-order chi connectivity index (χ1) is 5.70. The number of benzene rings is 1. The van der Waals surface area contributed by atoms with Crippen LogP contribution in [0.25, 0.3) is 0 Å². The molecule has 0 aliphatic rings. The summed E-state index contributed by atoms with van der Waals surface area (Å²) in [6.45, 7) is 1.59. The van der Waals surface area contributed by atoms with Gasteiger partial charge in [0, 0.05) is 6.42 Å². The third-order valence-electron chi connectivity index (χ3n) is 1.84. The molecule has 0 aliphatic carbocycles. The maximum Gasteiger partial charge on any atom is 0.0836 e. The lowest BCUT2D eigenvalue weighted by Gasteiger charge is -2.12. The van der Waals surface area contributed by atoms with Crippen LogP contribution in [0, 0.1) is 0 Å². The van der Waals surface area contributed by atoms with E-state index < -0.39 is 12.2 Å². The van der Waals surface area contributed by atoms with Crippen molar-refractivity contribution in [3.05, 3.63) is 35.9 Å². The van der Waals surface area contributed by atoms with Crippen molar-refractivity contribution in [1.82, 2.24) is 0 Å². The average Bonchev–Trinajstić information content (AvgIpc) is 2.06. The van der Waals surface area contributed by atoms with Gasteiger partial charge in [0.1, 0.15) is 0 Å². The van der Waals surface area contributed by atoms with Crippen molar-refractivity contribution in [2.24, 2.45) is 0 Å². The summed E-state index contributed by atoms with van der Waals surface area (Å²) in [4.78, 5) is 0. The third kappa shape index (κ3) is 2.64. The highest BCUT2D eigenvalue weighted by Crippen LogP contribution is 2.05. The number of hydrogen-bond donors (Lipinski definition) is 2. The van der Waals surface area contributed by atoms with Crippen molar-refractivity contribution in [2.75, 3.05) is 0 Å². The van der Waals surface area contributed by atoms with E-state index in [4.69, 9.17) is 5.11 Å². The zero-order valence-corrected chi connectivity index (χ0v) is 7.14. The molecule has 0 amide bonds. The Morgan fingerprint density at radius 1 is 1.17 bits per heavy atom. The molecule has 0 aliphatic heterocycles. The van der Waals surface area contributed by atoms with E-state index in [9.17, 15) is 5.11 Å². The molecule has 0 bridgehead atoms. The summed E-state index contributed by atoms with van der Waals surface area (Å²) in [7, 11) is 0. The summed E-state index contributed by atoms with van der Waals surface area (Å²) in [5.41, 5.74) is 1.05. The van der Waals surface area contributed by atoms with Crippen molar-refractivity contribution >= 4 is 0 Å². The number of aliphatic hydroxyl groups is 2. The molecule has 0 spiro atoms. The molecule has 2 atom stereocenters. The lowest BCUT2D eigenvalue weighted by molar-refractivity contribution is 0.0320. The lowest BCUT2D eigenvalue weighted by Crippen LogP contribution is -2.24. The topological polar surface area (TPSA) is 40.5 Å². The molecule has 1 rings (SSSR count). The summed E-state index contributed by atoms with van der Waals surface area (Å²) >= 11 is 0. The maximum absolute atomic E-state index is 9.33. The van der Waals surface area contributed by atoms with Crippen LogP contribution in [-0.4, -0.2) is 22.4 Å². The normalized spacial score (nSPS) is 15.6. The van der Waals surface area contributed by atoms with Gasteiger partial charge in [0.15, 0.2) is 0 Å². The average molecular weight is 166 g/mol. The van der Waals surface area contributed by atoms with E-state index in [-0.39, 0.29) is 0 Å². The van der Waals surface area contributed by atoms with Crippen molar-refractivity contribution in [1.29, 1.82) is 0 Å². The SMILES string of the molecule is C[C@@H](O)[C@H](O)Cc1ccccc1. The Morgan fingerprint density at radius 2 is 1.75 bits per heavy atom. The molecule has 2 N–H and O–H groups in total. The van der Waals surface area contributed by atoms with Crippen molar-refractivity contribution in [2.45, 2.75) is 25.6 Å². The molecule has 66 valence electrons. The highest BCUT2D eigenvalue weighted by molar-refractivity contribution is 5.15. The van der Waals surface area contributed by atoms with E-state index >= 15 is 0 Å². The molecule has 12 heavy (non-hydrogen) atoms. The van der Waals surface area contributed by atoms with Gasteiger partial charge >= 0.3 is 0 Å². The smallest absolute Gasteiger partial charge is 0.0836 e. The van der Waals surface area contributed by atoms with E-state index in [0.29, 0.717) is 6.42 Å². The predicted molar refractivity (Wildman–Crippen MR) is 47.8 cm³/mol. The molecule has 2 nitrogen and oxygen atoms in total. The first-order valence-corrected chi connectivity index (χ1v) is 4.10. The number of rotatable bonds is 3. The second kappa shape index (κ2) is 4.24. The third-order valence-corrected chi connectivity index (χ3v) is 1.84. The van der Waals surface area contributed by atoms with Gasteiger partial charge in [-0.25, -0.2) is 0 Å². The van der Waals surface area contributed by atoms with E-state index in [2.05, 4.69) is 0 Å². The summed E-state index contributed by atoms with van der Waals surface area (Å²) < 4.78 is 0. The molecule has 1 aromatic rings. The Hall–Kier alpha value is -0.860. The highest BCUT2D eigenvalue weighted by Gasteiger charge is 2.10. The van der Waals surface area contributed by atoms with Crippen LogP contribution in [0.2, 0.25) is 0 Å². The van der Waals surface area contributed by atoms with E-state index in [1.807, 2.05) is 30.3 Å². The van der Waals surface area contributed by atoms with Crippen LogP contribution < -0.4 is 0 Å². The quantitative estimate of drug-likeness (QED) is 0.702. The zero-order valence-electron chi connectivity index (χ0n) is 7.14. The molecule has 1 aromatic carbocycles. The van der Waals surface area contributed by atoms with Gasteiger partial charge in [-0.3, -0.25) is 0 Å². The van der Waals surface area contributed by atoms with Gasteiger partial charge in [-0.2, -0.15) is 0 Å². The molecule has 0 radical (unpaired) electrons.